The molecule has 0 spiro atoms. The van der Waals surface area contributed by atoms with E-state index >= 15 is 0 Å². The molecule has 0 aliphatic carbocycles. The number of rotatable bonds is 8. The van der Waals surface area contributed by atoms with Crippen LogP contribution in [-0.2, 0) is 6.61 Å². The Morgan fingerprint density at radius 2 is 1.74 bits per heavy atom. The Morgan fingerprint density at radius 1 is 1.06 bits per heavy atom. The van der Waals surface area contributed by atoms with Crippen LogP contribution in [0.15, 0.2) is 70.2 Å². The summed E-state index contributed by atoms with van der Waals surface area (Å²) in [5, 5.41) is 4.05. The highest BCUT2D eigenvalue weighted by atomic mass is 79.9. The maximum atomic E-state index is 13.1. The van der Waals surface area contributed by atoms with Crippen LogP contribution >= 0.6 is 15.9 Å². The van der Waals surface area contributed by atoms with Crippen LogP contribution in [0.4, 0.5) is 4.39 Å². The van der Waals surface area contributed by atoms with Crippen LogP contribution in [0.3, 0.4) is 0 Å². The Balaban J connectivity index is 1.71. The maximum absolute atomic E-state index is 13.1. The van der Waals surface area contributed by atoms with Gasteiger partial charge >= 0.3 is 0 Å². The summed E-state index contributed by atoms with van der Waals surface area (Å²) in [6.45, 7) is 4.56. The van der Waals surface area contributed by atoms with Crippen molar-refractivity contribution in [2.45, 2.75) is 20.5 Å². The molecule has 0 fully saturated rings. The summed E-state index contributed by atoms with van der Waals surface area (Å²) in [4.78, 5) is 12.2. The Bertz CT molecular complexity index is 1070. The third kappa shape index (κ3) is 6.39. The van der Waals surface area contributed by atoms with Gasteiger partial charge in [-0.3, -0.25) is 4.79 Å². The molecule has 0 bridgehead atoms. The molecule has 3 aromatic carbocycles. The number of hydrogen-bond donors (Lipinski definition) is 1. The molecule has 0 atom stereocenters. The average Bonchev–Trinajstić information content (AvgIpc) is 2.76. The van der Waals surface area contributed by atoms with Crippen molar-refractivity contribution in [1.82, 2.24) is 5.43 Å². The normalized spacial score (nSPS) is 10.8. The topological polar surface area (TPSA) is 59.9 Å². The van der Waals surface area contributed by atoms with Crippen molar-refractivity contribution in [3.8, 4) is 11.5 Å². The van der Waals surface area contributed by atoms with Gasteiger partial charge < -0.3 is 9.47 Å². The lowest BCUT2D eigenvalue weighted by Crippen LogP contribution is -2.17. The van der Waals surface area contributed by atoms with Gasteiger partial charge in [0.25, 0.3) is 5.91 Å². The summed E-state index contributed by atoms with van der Waals surface area (Å²) < 4.78 is 25.4. The molecule has 3 rings (SSSR count). The number of carbonyl (C=O) groups excluding carboxylic acids is 1. The molecule has 0 aliphatic heterocycles. The fourth-order valence-electron chi connectivity index (χ4n) is 2.70. The SMILES string of the molecule is CCOc1cc(/C=N\NC(=O)c2ccc(C)cc2)c(Br)cc1OCc1ccc(F)cc1. The minimum absolute atomic E-state index is 0.271. The summed E-state index contributed by atoms with van der Waals surface area (Å²) in [7, 11) is 0. The lowest BCUT2D eigenvalue weighted by molar-refractivity contribution is 0.0955. The Hall–Kier alpha value is -3.19. The first-order valence-electron chi connectivity index (χ1n) is 9.70. The number of hydrazone groups is 1. The zero-order valence-electron chi connectivity index (χ0n) is 17.2. The van der Waals surface area contributed by atoms with Gasteiger partial charge in [0.15, 0.2) is 11.5 Å². The van der Waals surface area contributed by atoms with Crippen LogP contribution < -0.4 is 14.9 Å². The number of hydrogen-bond acceptors (Lipinski definition) is 4. The standard InChI is InChI=1S/C24H22BrFN2O3/c1-3-30-22-12-19(14-27-28-24(29)18-8-4-16(2)5-9-18)21(25)13-23(22)31-15-17-6-10-20(26)11-7-17/h4-14H,3,15H2,1-2H3,(H,28,29)/b27-14-. The molecular formula is C24H22BrFN2O3. The van der Waals surface area contributed by atoms with Gasteiger partial charge in [-0.2, -0.15) is 5.10 Å². The minimum Gasteiger partial charge on any atom is -0.490 e. The zero-order valence-corrected chi connectivity index (χ0v) is 18.8. The van der Waals surface area contributed by atoms with Crippen molar-refractivity contribution in [3.05, 3.63) is 93.2 Å². The Labute approximate surface area is 189 Å². The summed E-state index contributed by atoms with van der Waals surface area (Å²) in [6, 6.07) is 16.9. The molecule has 1 N–H and O–H groups in total. The van der Waals surface area contributed by atoms with Crippen LogP contribution in [0.25, 0.3) is 0 Å². The summed E-state index contributed by atoms with van der Waals surface area (Å²) in [6.07, 6.45) is 1.53. The lowest BCUT2D eigenvalue weighted by atomic mass is 10.1. The van der Waals surface area contributed by atoms with E-state index in [0.29, 0.717) is 29.2 Å². The Morgan fingerprint density at radius 3 is 2.42 bits per heavy atom. The van der Waals surface area contributed by atoms with Gasteiger partial charge in [-0.05, 0) is 71.7 Å². The van der Waals surface area contributed by atoms with Gasteiger partial charge in [-0.15, -0.1) is 0 Å². The third-order valence-corrected chi connectivity index (χ3v) is 5.04. The number of nitrogens with one attached hydrogen (secondary N) is 1. The summed E-state index contributed by atoms with van der Waals surface area (Å²) >= 11 is 3.50. The molecule has 1 amide bonds. The van der Waals surface area contributed by atoms with E-state index in [2.05, 4.69) is 26.5 Å². The molecule has 31 heavy (non-hydrogen) atoms. The highest BCUT2D eigenvalue weighted by Gasteiger charge is 2.11. The first-order valence-corrected chi connectivity index (χ1v) is 10.5. The molecule has 0 heterocycles. The smallest absolute Gasteiger partial charge is 0.271 e. The first-order chi connectivity index (χ1) is 15.0. The quantitative estimate of drug-likeness (QED) is 0.332. The van der Waals surface area contributed by atoms with E-state index in [1.165, 1.54) is 18.3 Å². The van der Waals surface area contributed by atoms with E-state index in [4.69, 9.17) is 9.47 Å². The van der Waals surface area contributed by atoms with Gasteiger partial charge in [0.05, 0.1) is 12.8 Å². The maximum Gasteiger partial charge on any atom is 0.271 e. The van der Waals surface area contributed by atoms with E-state index in [1.807, 2.05) is 26.0 Å². The van der Waals surface area contributed by atoms with Crippen molar-refractivity contribution in [2.75, 3.05) is 6.61 Å². The second kappa shape index (κ2) is 10.7. The van der Waals surface area contributed by atoms with E-state index in [0.717, 1.165) is 15.6 Å². The number of aryl methyl sites for hydroxylation is 1. The minimum atomic E-state index is -0.295. The fourth-order valence-corrected chi connectivity index (χ4v) is 3.13. The molecule has 0 saturated heterocycles. The molecule has 0 unspecified atom stereocenters. The molecule has 0 aromatic heterocycles. The lowest BCUT2D eigenvalue weighted by Gasteiger charge is -2.14. The first kappa shape index (κ1) is 22.5. The van der Waals surface area contributed by atoms with Gasteiger partial charge in [0.2, 0.25) is 0 Å². The number of benzene rings is 3. The third-order valence-electron chi connectivity index (χ3n) is 4.35. The van der Waals surface area contributed by atoms with E-state index < -0.39 is 0 Å². The number of amides is 1. The molecule has 160 valence electrons. The predicted molar refractivity (Wildman–Crippen MR) is 122 cm³/mol. The van der Waals surface area contributed by atoms with Crippen LogP contribution in [0.5, 0.6) is 11.5 Å². The van der Waals surface area contributed by atoms with E-state index in [-0.39, 0.29) is 18.3 Å². The number of ether oxygens (including phenoxy) is 2. The average molecular weight is 485 g/mol. The second-order valence-electron chi connectivity index (χ2n) is 6.73. The van der Waals surface area contributed by atoms with Crippen LogP contribution in [0, 0.1) is 12.7 Å². The van der Waals surface area contributed by atoms with Crippen molar-refractivity contribution in [3.63, 3.8) is 0 Å². The van der Waals surface area contributed by atoms with Crippen molar-refractivity contribution < 1.29 is 18.7 Å². The van der Waals surface area contributed by atoms with Gasteiger partial charge in [-0.25, -0.2) is 9.82 Å². The molecular weight excluding hydrogens is 463 g/mol. The van der Waals surface area contributed by atoms with Gasteiger partial charge in [0.1, 0.15) is 12.4 Å². The monoisotopic (exact) mass is 484 g/mol. The van der Waals surface area contributed by atoms with Crippen molar-refractivity contribution in [1.29, 1.82) is 0 Å². The number of nitrogens with zero attached hydrogens (tertiary/aromatic N) is 1. The largest absolute Gasteiger partial charge is 0.490 e. The van der Waals surface area contributed by atoms with Gasteiger partial charge in [0, 0.05) is 15.6 Å². The molecule has 0 saturated carbocycles. The van der Waals surface area contributed by atoms with Crippen molar-refractivity contribution >= 4 is 28.1 Å². The van der Waals surface area contributed by atoms with E-state index in [9.17, 15) is 9.18 Å². The molecule has 0 aliphatic rings. The van der Waals surface area contributed by atoms with Gasteiger partial charge in [-0.1, -0.05) is 29.8 Å². The summed E-state index contributed by atoms with van der Waals surface area (Å²) in [5.74, 6) is 0.495. The highest BCUT2D eigenvalue weighted by molar-refractivity contribution is 9.10. The molecule has 0 radical (unpaired) electrons. The highest BCUT2D eigenvalue weighted by Crippen LogP contribution is 2.33. The predicted octanol–water partition coefficient (Wildman–Crippen LogP) is 5.64. The molecule has 5 nitrogen and oxygen atoms in total. The molecule has 7 heteroatoms. The number of halogens is 2. The summed E-state index contributed by atoms with van der Waals surface area (Å²) in [5.41, 5.74) is 5.67. The van der Waals surface area contributed by atoms with Crippen LogP contribution in [0.1, 0.15) is 34.0 Å². The van der Waals surface area contributed by atoms with Crippen LogP contribution in [0.2, 0.25) is 0 Å². The van der Waals surface area contributed by atoms with Crippen LogP contribution in [-0.4, -0.2) is 18.7 Å². The van der Waals surface area contributed by atoms with E-state index in [1.54, 1.807) is 36.4 Å². The second-order valence-corrected chi connectivity index (χ2v) is 7.59. The molecule has 3 aromatic rings. The Kier molecular flexibility index (Phi) is 7.78. The number of carbonyl (C=O) groups is 1. The zero-order chi connectivity index (χ0) is 22.2. The fraction of sp³-hybridized carbons (Fsp3) is 0.167. The van der Waals surface area contributed by atoms with Crippen molar-refractivity contribution in [2.24, 2.45) is 5.10 Å².